The first-order valence-corrected chi connectivity index (χ1v) is 5.55. The molecule has 0 heterocycles. The highest BCUT2D eigenvalue weighted by atomic mass is 32.2. The summed E-state index contributed by atoms with van der Waals surface area (Å²) in [6, 6.07) is 0. The Bertz CT molecular complexity index is 527. The van der Waals surface area contributed by atoms with E-state index in [4.69, 9.17) is 16.9 Å². The van der Waals surface area contributed by atoms with Gasteiger partial charge in [-0.2, -0.15) is 4.99 Å². The third-order valence-corrected chi connectivity index (χ3v) is 2.68. The van der Waals surface area contributed by atoms with Gasteiger partial charge in [0.2, 0.25) is 5.82 Å². The molecular formula is C9H7F5N4S. The molecule has 0 amide bonds. The van der Waals surface area contributed by atoms with Crippen molar-refractivity contribution in [3.63, 3.8) is 0 Å². The van der Waals surface area contributed by atoms with Gasteiger partial charge in [0.05, 0.1) is 0 Å². The second-order valence-corrected chi connectivity index (χ2v) is 4.14. The number of hydrogen-bond acceptors (Lipinski definition) is 2. The van der Waals surface area contributed by atoms with Gasteiger partial charge in [0, 0.05) is 11.3 Å². The van der Waals surface area contributed by atoms with Crippen LogP contribution in [-0.2, 0) is 5.75 Å². The van der Waals surface area contributed by atoms with Gasteiger partial charge in [0.15, 0.2) is 34.4 Å². The zero-order valence-corrected chi connectivity index (χ0v) is 9.92. The minimum atomic E-state index is -2.23. The van der Waals surface area contributed by atoms with E-state index in [2.05, 4.69) is 4.99 Å². The molecule has 19 heavy (non-hydrogen) atoms. The van der Waals surface area contributed by atoms with E-state index in [0.29, 0.717) is 11.8 Å². The molecule has 0 atom stereocenters. The molecule has 0 radical (unpaired) electrons. The largest absolute Gasteiger partial charge is 0.370 e. The van der Waals surface area contributed by atoms with Crippen LogP contribution < -0.4 is 11.5 Å². The molecule has 0 aliphatic carbocycles. The van der Waals surface area contributed by atoms with Crippen molar-refractivity contribution >= 4 is 22.9 Å². The second-order valence-electron chi connectivity index (χ2n) is 3.18. The number of hydrogen-bond donors (Lipinski definition) is 3. The molecule has 0 bridgehead atoms. The zero-order chi connectivity index (χ0) is 14.7. The maximum Gasteiger partial charge on any atom is 0.200 e. The van der Waals surface area contributed by atoms with Crippen molar-refractivity contribution in [3.05, 3.63) is 34.6 Å². The Labute approximate surface area is 108 Å². The van der Waals surface area contributed by atoms with E-state index in [1.54, 1.807) is 0 Å². The van der Waals surface area contributed by atoms with Crippen LogP contribution in [0.25, 0.3) is 0 Å². The van der Waals surface area contributed by atoms with Crippen molar-refractivity contribution in [1.29, 1.82) is 5.41 Å². The molecule has 10 heteroatoms. The Morgan fingerprint density at radius 2 is 1.37 bits per heavy atom. The minimum absolute atomic E-state index is 0.409. The van der Waals surface area contributed by atoms with E-state index in [1.165, 1.54) is 0 Å². The molecule has 1 rings (SSSR count). The fourth-order valence-corrected chi connectivity index (χ4v) is 1.77. The quantitative estimate of drug-likeness (QED) is 0.256. The van der Waals surface area contributed by atoms with Gasteiger partial charge in [-0.15, -0.1) is 0 Å². The van der Waals surface area contributed by atoms with Crippen LogP contribution in [0.3, 0.4) is 0 Å². The van der Waals surface area contributed by atoms with Crippen LogP contribution >= 0.6 is 11.8 Å². The number of benzene rings is 1. The molecule has 4 nitrogen and oxygen atoms in total. The Morgan fingerprint density at radius 1 is 0.947 bits per heavy atom. The zero-order valence-electron chi connectivity index (χ0n) is 9.11. The number of nitrogens with two attached hydrogens (primary N) is 2. The molecular weight excluding hydrogens is 291 g/mol. The van der Waals surface area contributed by atoms with Crippen molar-refractivity contribution < 1.29 is 22.0 Å². The average molecular weight is 298 g/mol. The lowest BCUT2D eigenvalue weighted by atomic mass is 10.2. The maximum absolute atomic E-state index is 13.2. The molecule has 0 spiro atoms. The fraction of sp³-hybridized carbons (Fsp3) is 0.111. The summed E-state index contributed by atoms with van der Waals surface area (Å²) in [6.07, 6.45) is 0. The number of amidine groups is 1. The predicted molar refractivity (Wildman–Crippen MR) is 61.1 cm³/mol. The summed E-state index contributed by atoms with van der Waals surface area (Å²) < 4.78 is 64.9. The highest BCUT2D eigenvalue weighted by Crippen LogP contribution is 2.26. The molecule has 0 aliphatic heterocycles. The van der Waals surface area contributed by atoms with Crippen LogP contribution in [0.5, 0.6) is 0 Å². The Balaban J connectivity index is 3.03. The average Bonchev–Trinajstić information content (AvgIpc) is 2.33. The van der Waals surface area contributed by atoms with E-state index in [0.717, 1.165) is 0 Å². The molecule has 1 aromatic carbocycles. The highest BCUT2D eigenvalue weighted by molar-refractivity contribution is 8.13. The molecule has 5 N–H and O–H groups in total. The van der Waals surface area contributed by atoms with Gasteiger partial charge in [-0.05, 0) is 0 Å². The number of aliphatic imine (C=N–C) groups is 1. The van der Waals surface area contributed by atoms with Crippen molar-refractivity contribution in [2.75, 3.05) is 0 Å². The summed E-state index contributed by atoms with van der Waals surface area (Å²) in [5, 5.41) is 6.64. The lowest BCUT2D eigenvalue weighted by molar-refractivity contribution is 0.372. The number of halogens is 5. The third kappa shape index (κ3) is 3.34. The first-order valence-electron chi connectivity index (χ1n) is 4.57. The number of guanidine groups is 1. The lowest BCUT2D eigenvalue weighted by Gasteiger charge is -2.07. The van der Waals surface area contributed by atoms with Gasteiger partial charge in [-0.1, -0.05) is 11.8 Å². The topological polar surface area (TPSA) is 88.2 Å². The Hall–Kier alpha value is -1.84. The first kappa shape index (κ1) is 15.2. The van der Waals surface area contributed by atoms with E-state index >= 15 is 0 Å². The predicted octanol–water partition coefficient (Wildman–Crippen LogP) is 1.82. The van der Waals surface area contributed by atoms with Gasteiger partial charge >= 0.3 is 0 Å². The van der Waals surface area contributed by atoms with Crippen LogP contribution in [0.4, 0.5) is 22.0 Å². The number of nitrogens with one attached hydrogen (secondary N) is 1. The fourth-order valence-electron chi connectivity index (χ4n) is 1.07. The van der Waals surface area contributed by atoms with Crippen LogP contribution in [-0.4, -0.2) is 11.1 Å². The highest BCUT2D eigenvalue weighted by Gasteiger charge is 2.25. The van der Waals surface area contributed by atoms with Crippen molar-refractivity contribution in [2.24, 2.45) is 16.5 Å². The van der Waals surface area contributed by atoms with Gasteiger partial charge in [0.1, 0.15) is 0 Å². The van der Waals surface area contributed by atoms with Crippen molar-refractivity contribution in [2.45, 2.75) is 5.75 Å². The molecule has 0 aromatic heterocycles. The third-order valence-electron chi connectivity index (χ3n) is 1.88. The van der Waals surface area contributed by atoms with Gasteiger partial charge in [-0.25, -0.2) is 22.0 Å². The summed E-state index contributed by atoms with van der Waals surface area (Å²) >= 11 is 0.409. The molecule has 0 unspecified atom stereocenters. The normalized spacial score (nSPS) is 10.4. The van der Waals surface area contributed by atoms with Crippen molar-refractivity contribution in [3.8, 4) is 0 Å². The smallest absolute Gasteiger partial charge is 0.200 e. The Morgan fingerprint density at radius 3 is 1.79 bits per heavy atom. The molecule has 104 valence electrons. The van der Waals surface area contributed by atoms with Gasteiger partial charge < -0.3 is 11.5 Å². The van der Waals surface area contributed by atoms with E-state index in [-0.39, 0.29) is 0 Å². The van der Waals surface area contributed by atoms with E-state index in [9.17, 15) is 22.0 Å². The summed E-state index contributed by atoms with van der Waals surface area (Å²) in [7, 11) is 0. The standard InChI is InChI=1S/C9H7F5N4S/c10-3-2(1-19-9(17)18-8(15)16)4(11)6(13)7(14)5(3)12/h1H2,(H5,15,16,17,18). The first-order chi connectivity index (χ1) is 8.75. The number of thioether (sulfide) groups is 1. The monoisotopic (exact) mass is 298 g/mol. The van der Waals surface area contributed by atoms with Crippen LogP contribution in [0.1, 0.15) is 5.56 Å². The minimum Gasteiger partial charge on any atom is -0.370 e. The lowest BCUT2D eigenvalue weighted by Crippen LogP contribution is -2.23. The van der Waals surface area contributed by atoms with Gasteiger partial charge in [0.25, 0.3) is 0 Å². The van der Waals surface area contributed by atoms with E-state index < -0.39 is 51.5 Å². The SMILES string of the molecule is N=C(N=C(N)N)SCc1c(F)c(F)c(F)c(F)c1F. The second kappa shape index (κ2) is 5.87. The van der Waals surface area contributed by atoms with Crippen LogP contribution in [0, 0.1) is 34.5 Å². The molecule has 0 fully saturated rings. The van der Waals surface area contributed by atoms with E-state index in [1.807, 2.05) is 0 Å². The van der Waals surface area contributed by atoms with Crippen molar-refractivity contribution in [1.82, 2.24) is 0 Å². The summed E-state index contributed by atoms with van der Waals surface area (Å²) in [6.45, 7) is 0. The molecule has 0 saturated heterocycles. The van der Waals surface area contributed by atoms with Crippen LogP contribution in [0.2, 0.25) is 0 Å². The summed E-state index contributed by atoms with van der Waals surface area (Å²) in [5.41, 5.74) is 8.85. The summed E-state index contributed by atoms with van der Waals surface area (Å²) in [4.78, 5) is 3.23. The molecule has 0 saturated carbocycles. The number of rotatable bonds is 2. The maximum atomic E-state index is 13.2. The summed E-state index contributed by atoms with van der Waals surface area (Å²) in [5.74, 6) is -11.3. The molecule has 0 aliphatic rings. The Kier molecular flexibility index (Phi) is 4.70. The molecule has 1 aromatic rings. The number of nitrogens with zero attached hydrogens (tertiary/aromatic N) is 1. The van der Waals surface area contributed by atoms with Crippen LogP contribution in [0.15, 0.2) is 4.99 Å². The van der Waals surface area contributed by atoms with Gasteiger partial charge in [-0.3, -0.25) is 5.41 Å².